The van der Waals surface area contributed by atoms with Crippen LogP contribution in [-0.4, -0.2) is 4.98 Å². The molecule has 3 nitrogen and oxygen atoms in total. The van der Waals surface area contributed by atoms with Gasteiger partial charge in [-0.1, -0.05) is 41.4 Å². The van der Waals surface area contributed by atoms with Gasteiger partial charge in [-0.25, -0.2) is 4.39 Å². The average molecular weight is 300 g/mol. The zero-order valence-electron chi connectivity index (χ0n) is 9.91. The second-order valence-corrected chi connectivity index (χ2v) is 4.88. The van der Waals surface area contributed by atoms with Crippen molar-refractivity contribution in [3.05, 3.63) is 63.6 Å². The number of hydrogen-bond donors (Lipinski definition) is 2. The van der Waals surface area contributed by atoms with Crippen LogP contribution in [0, 0.1) is 5.82 Å². The van der Waals surface area contributed by atoms with E-state index < -0.39 is 0 Å². The summed E-state index contributed by atoms with van der Waals surface area (Å²) in [5.41, 5.74) is 3.68. The van der Waals surface area contributed by atoms with E-state index in [1.54, 1.807) is 24.3 Å². The van der Waals surface area contributed by atoms with Gasteiger partial charge in [-0.05, 0) is 24.1 Å². The van der Waals surface area contributed by atoms with Crippen LogP contribution in [0.4, 0.5) is 4.39 Å². The van der Waals surface area contributed by atoms with E-state index in [-0.39, 0.29) is 11.9 Å². The molecule has 1 atom stereocenters. The third-order valence-electron chi connectivity index (χ3n) is 2.75. The van der Waals surface area contributed by atoms with Crippen molar-refractivity contribution < 1.29 is 4.39 Å². The Hall–Kier alpha value is -1.20. The summed E-state index contributed by atoms with van der Waals surface area (Å²) in [6.45, 7) is 0. The van der Waals surface area contributed by atoms with Gasteiger partial charge in [0.15, 0.2) is 0 Å². The molecule has 1 heterocycles. The topological polar surface area (TPSA) is 50.9 Å². The number of nitrogens with two attached hydrogens (primary N) is 1. The molecule has 2 aromatic rings. The van der Waals surface area contributed by atoms with E-state index in [2.05, 4.69) is 10.4 Å². The Bertz CT molecular complexity index is 578. The molecule has 0 fully saturated rings. The summed E-state index contributed by atoms with van der Waals surface area (Å²) in [6, 6.07) is 7.70. The highest BCUT2D eigenvalue weighted by Crippen LogP contribution is 2.26. The lowest BCUT2D eigenvalue weighted by molar-refractivity contribution is 0.519. The van der Waals surface area contributed by atoms with Gasteiger partial charge >= 0.3 is 0 Å². The fraction of sp³-hybridized carbons (Fsp3) is 0.154. The first-order valence-electron chi connectivity index (χ1n) is 5.62. The van der Waals surface area contributed by atoms with Crippen LogP contribution in [0.25, 0.3) is 0 Å². The lowest BCUT2D eigenvalue weighted by Crippen LogP contribution is -2.30. The minimum absolute atomic E-state index is 0.284. The minimum atomic E-state index is -0.387. The largest absolute Gasteiger partial charge is 0.271 e. The molecule has 1 aromatic carbocycles. The lowest BCUT2D eigenvalue weighted by Gasteiger charge is -2.17. The van der Waals surface area contributed by atoms with Crippen LogP contribution < -0.4 is 11.3 Å². The highest BCUT2D eigenvalue weighted by atomic mass is 35.5. The number of pyridine rings is 1. The van der Waals surface area contributed by atoms with Crippen molar-refractivity contribution in [1.29, 1.82) is 0 Å². The molecule has 0 saturated heterocycles. The molecule has 2 rings (SSSR count). The lowest BCUT2D eigenvalue weighted by atomic mass is 10.0. The average Bonchev–Trinajstić information content (AvgIpc) is 2.39. The van der Waals surface area contributed by atoms with Crippen molar-refractivity contribution in [2.24, 2.45) is 5.84 Å². The molecule has 3 N–H and O–H groups in total. The Morgan fingerprint density at radius 1 is 1.32 bits per heavy atom. The zero-order valence-corrected chi connectivity index (χ0v) is 11.4. The van der Waals surface area contributed by atoms with E-state index >= 15 is 0 Å². The third kappa shape index (κ3) is 3.42. The Morgan fingerprint density at radius 3 is 2.68 bits per heavy atom. The molecule has 0 spiro atoms. The summed E-state index contributed by atoms with van der Waals surface area (Å²) in [4.78, 5) is 4.15. The molecular formula is C13H12Cl2FN3. The van der Waals surface area contributed by atoms with Crippen LogP contribution in [0.5, 0.6) is 0 Å². The maximum atomic E-state index is 13.6. The van der Waals surface area contributed by atoms with Crippen LogP contribution in [0.1, 0.15) is 17.3 Å². The Labute approximate surface area is 120 Å². The molecular weight excluding hydrogens is 288 g/mol. The number of rotatable bonds is 4. The van der Waals surface area contributed by atoms with Crippen LogP contribution >= 0.6 is 23.2 Å². The van der Waals surface area contributed by atoms with Crippen LogP contribution in [-0.2, 0) is 6.42 Å². The summed E-state index contributed by atoms with van der Waals surface area (Å²) in [6.07, 6.45) is 1.83. The van der Waals surface area contributed by atoms with Gasteiger partial charge in [-0.2, -0.15) is 0 Å². The van der Waals surface area contributed by atoms with Crippen LogP contribution in [0.3, 0.4) is 0 Å². The van der Waals surface area contributed by atoms with E-state index in [0.29, 0.717) is 27.7 Å². The molecule has 0 saturated carbocycles. The van der Waals surface area contributed by atoms with Crippen LogP contribution in [0.15, 0.2) is 36.5 Å². The molecule has 0 aliphatic heterocycles. The Kier molecular flexibility index (Phi) is 4.71. The highest BCUT2D eigenvalue weighted by Gasteiger charge is 2.17. The normalized spacial score (nSPS) is 12.4. The second kappa shape index (κ2) is 6.30. The van der Waals surface area contributed by atoms with Gasteiger partial charge in [0, 0.05) is 6.20 Å². The van der Waals surface area contributed by atoms with Gasteiger partial charge in [0.25, 0.3) is 0 Å². The monoisotopic (exact) mass is 299 g/mol. The molecule has 19 heavy (non-hydrogen) atoms. The van der Waals surface area contributed by atoms with Gasteiger partial charge in [0.05, 0.1) is 21.8 Å². The number of aromatic nitrogens is 1. The highest BCUT2D eigenvalue weighted by molar-refractivity contribution is 6.34. The van der Waals surface area contributed by atoms with Gasteiger partial charge in [0.2, 0.25) is 0 Å². The number of nitrogens with zero attached hydrogens (tertiary/aromatic N) is 1. The first-order chi connectivity index (χ1) is 9.11. The van der Waals surface area contributed by atoms with Crippen molar-refractivity contribution in [2.45, 2.75) is 12.5 Å². The Morgan fingerprint density at radius 2 is 2.05 bits per heavy atom. The van der Waals surface area contributed by atoms with Crippen molar-refractivity contribution in [3.63, 3.8) is 0 Å². The number of hydrazine groups is 1. The molecule has 100 valence electrons. The molecule has 0 aliphatic rings. The molecule has 0 bridgehead atoms. The molecule has 1 aromatic heterocycles. The van der Waals surface area contributed by atoms with Gasteiger partial charge in [-0.15, -0.1) is 0 Å². The van der Waals surface area contributed by atoms with Gasteiger partial charge in [-0.3, -0.25) is 16.3 Å². The van der Waals surface area contributed by atoms with E-state index in [4.69, 9.17) is 29.0 Å². The maximum absolute atomic E-state index is 13.6. The molecule has 0 aliphatic carbocycles. The number of benzene rings is 1. The summed E-state index contributed by atoms with van der Waals surface area (Å²) in [5.74, 6) is 5.22. The fourth-order valence-corrected chi connectivity index (χ4v) is 2.31. The van der Waals surface area contributed by atoms with Gasteiger partial charge in [0.1, 0.15) is 5.82 Å². The van der Waals surface area contributed by atoms with Crippen molar-refractivity contribution in [2.75, 3.05) is 0 Å². The van der Waals surface area contributed by atoms with Gasteiger partial charge < -0.3 is 0 Å². The van der Waals surface area contributed by atoms with Crippen molar-refractivity contribution >= 4 is 23.2 Å². The quantitative estimate of drug-likeness (QED) is 0.673. The second-order valence-electron chi connectivity index (χ2n) is 4.04. The van der Waals surface area contributed by atoms with E-state index in [9.17, 15) is 4.39 Å². The maximum Gasteiger partial charge on any atom is 0.126 e. The SMILES string of the molecule is NNC(Cc1ccccc1F)c1ncc(Cl)cc1Cl. The number of nitrogens with one attached hydrogen (secondary N) is 1. The Balaban J connectivity index is 2.28. The number of halogens is 3. The smallest absolute Gasteiger partial charge is 0.126 e. The summed E-state index contributed by atoms with van der Waals surface area (Å²) in [7, 11) is 0. The molecule has 0 amide bonds. The predicted octanol–water partition coefficient (Wildman–Crippen LogP) is 3.27. The first-order valence-corrected chi connectivity index (χ1v) is 6.38. The molecule has 0 radical (unpaired) electrons. The van der Waals surface area contributed by atoms with E-state index in [1.807, 2.05) is 0 Å². The minimum Gasteiger partial charge on any atom is -0.271 e. The zero-order chi connectivity index (χ0) is 13.8. The fourth-order valence-electron chi connectivity index (χ4n) is 1.80. The summed E-state index contributed by atoms with van der Waals surface area (Å²) in [5, 5.41) is 0.835. The molecule has 6 heteroatoms. The van der Waals surface area contributed by atoms with E-state index in [0.717, 1.165) is 0 Å². The summed E-state index contributed by atoms with van der Waals surface area (Å²) < 4.78 is 13.6. The van der Waals surface area contributed by atoms with E-state index in [1.165, 1.54) is 12.3 Å². The summed E-state index contributed by atoms with van der Waals surface area (Å²) >= 11 is 11.9. The molecule has 1 unspecified atom stereocenters. The third-order valence-corrected chi connectivity index (χ3v) is 3.26. The predicted molar refractivity (Wildman–Crippen MR) is 74.4 cm³/mol. The van der Waals surface area contributed by atoms with Crippen molar-refractivity contribution in [3.8, 4) is 0 Å². The standard InChI is InChI=1S/C13H12Cl2FN3/c14-9-6-10(15)13(18-7-9)12(19-17)5-8-3-1-2-4-11(8)16/h1-4,6-7,12,19H,5,17H2. The first kappa shape index (κ1) is 14.2. The number of hydrogen-bond acceptors (Lipinski definition) is 3. The van der Waals surface area contributed by atoms with Crippen molar-refractivity contribution in [1.82, 2.24) is 10.4 Å². The van der Waals surface area contributed by atoms with Crippen LogP contribution in [0.2, 0.25) is 10.0 Å².